The van der Waals surface area contributed by atoms with Crippen molar-refractivity contribution in [2.24, 2.45) is 0 Å². The summed E-state index contributed by atoms with van der Waals surface area (Å²) in [6.07, 6.45) is 3.32. The summed E-state index contributed by atoms with van der Waals surface area (Å²) in [5, 5.41) is 7.85. The Morgan fingerprint density at radius 1 is 1.40 bits per heavy atom. The zero-order valence-electron chi connectivity index (χ0n) is 13.8. The van der Waals surface area contributed by atoms with Gasteiger partial charge in [-0.3, -0.25) is 9.78 Å². The van der Waals surface area contributed by atoms with Crippen LogP contribution in [0, 0.1) is 0 Å². The normalized spacial score (nSPS) is 14.2. The summed E-state index contributed by atoms with van der Waals surface area (Å²) in [5.74, 6) is -0.898. The smallest absolute Gasteiger partial charge is 0.367 e. The second-order valence-corrected chi connectivity index (χ2v) is 6.20. The second kappa shape index (κ2) is 8.04. The maximum atomic E-state index is 12.5. The van der Waals surface area contributed by atoms with Crippen molar-refractivity contribution >= 4 is 34.6 Å². The lowest BCUT2D eigenvalue weighted by molar-refractivity contribution is 0.0526. The molecule has 0 aliphatic carbocycles. The van der Waals surface area contributed by atoms with Crippen LogP contribution in [0.15, 0.2) is 23.8 Å². The molecule has 3 rings (SSSR count). The van der Waals surface area contributed by atoms with Gasteiger partial charge < -0.3 is 20.3 Å². The van der Waals surface area contributed by atoms with E-state index in [1.807, 2.05) is 6.07 Å². The predicted octanol–water partition coefficient (Wildman–Crippen LogP) is 1.38. The molecule has 0 bridgehead atoms. The van der Waals surface area contributed by atoms with Gasteiger partial charge in [0.2, 0.25) is 5.01 Å². The van der Waals surface area contributed by atoms with Gasteiger partial charge in [-0.25, -0.2) is 9.78 Å². The SMILES string of the molecule is CCOC(=O)c1nc(C(=O)Nc2cnccc2N2CCNCC2)cs1. The van der Waals surface area contributed by atoms with Crippen molar-refractivity contribution < 1.29 is 14.3 Å². The summed E-state index contributed by atoms with van der Waals surface area (Å²) in [5.41, 5.74) is 1.73. The number of anilines is 2. The van der Waals surface area contributed by atoms with Crippen molar-refractivity contribution in [2.75, 3.05) is 43.0 Å². The van der Waals surface area contributed by atoms with E-state index in [9.17, 15) is 9.59 Å². The Bertz CT molecular complexity index is 758. The number of ether oxygens (including phenoxy) is 1. The number of pyridine rings is 1. The quantitative estimate of drug-likeness (QED) is 0.777. The highest BCUT2D eigenvalue weighted by Crippen LogP contribution is 2.25. The monoisotopic (exact) mass is 361 g/mol. The zero-order chi connectivity index (χ0) is 17.6. The predicted molar refractivity (Wildman–Crippen MR) is 95.3 cm³/mol. The first-order valence-electron chi connectivity index (χ1n) is 8.02. The average Bonchev–Trinajstić information content (AvgIpc) is 3.14. The van der Waals surface area contributed by atoms with Crippen LogP contribution in [0.3, 0.4) is 0 Å². The van der Waals surface area contributed by atoms with Gasteiger partial charge in [0.15, 0.2) is 0 Å². The van der Waals surface area contributed by atoms with E-state index in [1.54, 1.807) is 24.7 Å². The number of hydrogen-bond donors (Lipinski definition) is 2. The van der Waals surface area contributed by atoms with E-state index < -0.39 is 5.97 Å². The maximum absolute atomic E-state index is 12.5. The number of piperazine rings is 1. The summed E-state index contributed by atoms with van der Waals surface area (Å²) in [7, 11) is 0. The minimum absolute atomic E-state index is 0.167. The first kappa shape index (κ1) is 17.3. The molecule has 0 aromatic carbocycles. The molecule has 1 amide bonds. The van der Waals surface area contributed by atoms with Crippen molar-refractivity contribution in [1.82, 2.24) is 15.3 Å². The van der Waals surface area contributed by atoms with Crippen LogP contribution in [-0.4, -0.2) is 54.6 Å². The number of aromatic nitrogens is 2. The number of carbonyl (C=O) groups is 2. The van der Waals surface area contributed by atoms with E-state index in [2.05, 4.69) is 25.5 Å². The molecule has 2 N–H and O–H groups in total. The van der Waals surface area contributed by atoms with Crippen molar-refractivity contribution in [1.29, 1.82) is 0 Å². The van der Waals surface area contributed by atoms with E-state index in [0.29, 0.717) is 5.69 Å². The summed E-state index contributed by atoms with van der Waals surface area (Å²) in [4.78, 5) is 34.5. The van der Waals surface area contributed by atoms with Crippen LogP contribution >= 0.6 is 11.3 Å². The van der Waals surface area contributed by atoms with Crippen LogP contribution in [0.5, 0.6) is 0 Å². The highest BCUT2D eigenvalue weighted by atomic mass is 32.1. The van der Waals surface area contributed by atoms with Crippen molar-refractivity contribution in [3.05, 3.63) is 34.5 Å². The number of rotatable bonds is 5. The third-order valence-corrected chi connectivity index (χ3v) is 4.51. The van der Waals surface area contributed by atoms with Gasteiger partial charge in [0.05, 0.1) is 24.2 Å². The molecule has 2 aromatic heterocycles. The third kappa shape index (κ3) is 4.12. The number of nitrogens with zero attached hydrogens (tertiary/aromatic N) is 3. The van der Waals surface area contributed by atoms with Gasteiger partial charge in [0, 0.05) is 37.8 Å². The zero-order valence-corrected chi connectivity index (χ0v) is 14.6. The first-order chi connectivity index (χ1) is 12.2. The fourth-order valence-corrected chi connectivity index (χ4v) is 3.21. The summed E-state index contributed by atoms with van der Waals surface area (Å²) < 4.78 is 4.89. The molecule has 1 aliphatic rings. The second-order valence-electron chi connectivity index (χ2n) is 5.34. The molecule has 2 aromatic rings. The lowest BCUT2D eigenvalue weighted by Gasteiger charge is -2.30. The van der Waals surface area contributed by atoms with E-state index in [0.717, 1.165) is 43.2 Å². The Labute approximate surface area is 149 Å². The fourth-order valence-electron chi connectivity index (χ4n) is 2.52. The number of amides is 1. The van der Waals surface area contributed by atoms with E-state index in [-0.39, 0.29) is 23.2 Å². The Balaban J connectivity index is 1.74. The van der Waals surface area contributed by atoms with Crippen LogP contribution in [0.4, 0.5) is 11.4 Å². The van der Waals surface area contributed by atoms with Crippen molar-refractivity contribution in [3.8, 4) is 0 Å². The van der Waals surface area contributed by atoms with Gasteiger partial charge in [-0.2, -0.15) is 0 Å². The van der Waals surface area contributed by atoms with Gasteiger partial charge in [-0.1, -0.05) is 0 Å². The molecule has 25 heavy (non-hydrogen) atoms. The van der Waals surface area contributed by atoms with Crippen LogP contribution in [0.1, 0.15) is 27.2 Å². The highest BCUT2D eigenvalue weighted by Gasteiger charge is 2.19. The van der Waals surface area contributed by atoms with Gasteiger partial charge in [0.1, 0.15) is 5.69 Å². The van der Waals surface area contributed by atoms with Gasteiger partial charge >= 0.3 is 5.97 Å². The Morgan fingerprint density at radius 2 is 2.20 bits per heavy atom. The molecule has 0 spiro atoms. The summed E-state index contributed by atoms with van der Waals surface area (Å²) in [6.45, 7) is 5.49. The fraction of sp³-hybridized carbons (Fsp3) is 0.375. The molecule has 8 nitrogen and oxygen atoms in total. The van der Waals surface area contributed by atoms with E-state index in [1.165, 1.54) is 0 Å². The highest BCUT2D eigenvalue weighted by molar-refractivity contribution is 7.11. The Hall–Kier alpha value is -2.52. The number of nitrogens with one attached hydrogen (secondary N) is 2. The molecule has 0 saturated carbocycles. The van der Waals surface area contributed by atoms with Gasteiger partial charge in [-0.05, 0) is 13.0 Å². The third-order valence-electron chi connectivity index (χ3n) is 3.69. The standard InChI is InChI=1S/C16H19N5O3S/c1-2-24-16(23)15-20-12(10-25-15)14(22)19-11-9-18-4-3-13(11)21-7-5-17-6-8-21/h3-4,9-10,17H,2,5-8H2,1H3,(H,19,22). The van der Waals surface area contributed by atoms with E-state index in [4.69, 9.17) is 4.74 Å². The molecule has 1 saturated heterocycles. The number of thiazole rings is 1. The first-order valence-corrected chi connectivity index (χ1v) is 8.90. The summed E-state index contributed by atoms with van der Waals surface area (Å²) >= 11 is 1.09. The Kier molecular flexibility index (Phi) is 5.56. The van der Waals surface area contributed by atoms with Crippen molar-refractivity contribution in [2.45, 2.75) is 6.92 Å². The molecule has 0 unspecified atom stereocenters. The number of hydrogen-bond acceptors (Lipinski definition) is 8. The lowest BCUT2D eigenvalue weighted by atomic mass is 10.2. The molecule has 1 aliphatic heterocycles. The molecule has 132 valence electrons. The minimum Gasteiger partial charge on any atom is -0.461 e. The van der Waals surface area contributed by atoms with Crippen LogP contribution in [0.2, 0.25) is 0 Å². The average molecular weight is 361 g/mol. The topological polar surface area (TPSA) is 96.4 Å². The van der Waals surface area contributed by atoms with Crippen LogP contribution in [-0.2, 0) is 4.74 Å². The lowest BCUT2D eigenvalue weighted by Crippen LogP contribution is -2.43. The molecule has 0 radical (unpaired) electrons. The van der Waals surface area contributed by atoms with Crippen LogP contribution < -0.4 is 15.5 Å². The molecule has 1 fully saturated rings. The molecule has 3 heterocycles. The Morgan fingerprint density at radius 3 is 2.96 bits per heavy atom. The number of esters is 1. The van der Waals surface area contributed by atoms with Crippen molar-refractivity contribution in [3.63, 3.8) is 0 Å². The van der Waals surface area contributed by atoms with E-state index >= 15 is 0 Å². The largest absolute Gasteiger partial charge is 0.461 e. The molecular weight excluding hydrogens is 342 g/mol. The molecule has 9 heteroatoms. The van der Waals surface area contributed by atoms with Crippen LogP contribution in [0.25, 0.3) is 0 Å². The van der Waals surface area contributed by atoms with Gasteiger partial charge in [0.25, 0.3) is 5.91 Å². The van der Waals surface area contributed by atoms with Gasteiger partial charge in [-0.15, -0.1) is 11.3 Å². The molecular formula is C16H19N5O3S. The number of carbonyl (C=O) groups excluding carboxylic acids is 2. The molecule has 0 atom stereocenters. The minimum atomic E-state index is -0.519. The summed E-state index contributed by atoms with van der Waals surface area (Å²) in [6, 6.07) is 1.88. The maximum Gasteiger partial charge on any atom is 0.367 e.